The van der Waals surface area contributed by atoms with Crippen LogP contribution in [-0.2, 0) is 19.5 Å². The molecular formula is C18H21N5O2. The van der Waals surface area contributed by atoms with Crippen LogP contribution in [-0.4, -0.2) is 21.0 Å². The number of hydrogen-bond acceptors (Lipinski definition) is 4. The smallest absolute Gasteiger partial charge is 0.320 e. The maximum absolute atomic E-state index is 12.1. The molecule has 25 heavy (non-hydrogen) atoms. The highest BCUT2D eigenvalue weighted by Gasteiger charge is 2.11. The highest BCUT2D eigenvalue weighted by Crippen LogP contribution is 2.12. The number of anilines is 1. The molecule has 0 spiro atoms. The van der Waals surface area contributed by atoms with Gasteiger partial charge in [-0.05, 0) is 25.8 Å². The Morgan fingerprint density at radius 3 is 2.72 bits per heavy atom. The normalized spacial score (nSPS) is 10.6. The van der Waals surface area contributed by atoms with Gasteiger partial charge in [-0.15, -0.1) is 0 Å². The fourth-order valence-electron chi connectivity index (χ4n) is 2.58. The molecule has 0 saturated heterocycles. The summed E-state index contributed by atoms with van der Waals surface area (Å²) in [6, 6.07) is 11.7. The summed E-state index contributed by atoms with van der Waals surface area (Å²) in [5, 5.41) is 13.8. The lowest BCUT2D eigenvalue weighted by molar-refractivity contribution is 0.251. The average molecular weight is 339 g/mol. The van der Waals surface area contributed by atoms with E-state index in [-0.39, 0.29) is 6.03 Å². The summed E-state index contributed by atoms with van der Waals surface area (Å²) in [5.41, 5.74) is 2.91. The van der Waals surface area contributed by atoms with Gasteiger partial charge in [0.2, 0.25) is 0 Å². The van der Waals surface area contributed by atoms with Crippen molar-refractivity contribution in [3.63, 3.8) is 0 Å². The largest absolute Gasteiger partial charge is 0.361 e. The predicted molar refractivity (Wildman–Crippen MR) is 94.2 cm³/mol. The van der Waals surface area contributed by atoms with Crippen molar-refractivity contribution < 1.29 is 9.32 Å². The number of rotatable bonds is 6. The summed E-state index contributed by atoms with van der Waals surface area (Å²) in [4.78, 5) is 12.1. The summed E-state index contributed by atoms with van der Waals surface area (Å²) in [5.74, 6) is 1.37. The fraction of sp³-hybridized carbons (Fsp3) is 0.278. The van der Waals surface area contributed by atoms with Crippen molar-refractivity contribution in [2.45, 2.75) is 33.4 Å². The molecule has 0 fully saturated rings. The lowest BCUT2D eigenvalue weighted by Crippen LogP contribution is -2.29. The van der Waals surface area contributed by atoms with Crippen LogP contribution in [0.25, 0.3) is 0 Å². The van der Waals surface area contributed by atoms with Crippen LogP contribution in [0.15, 0.2) is 47.1 Å². The number of nitrogens with one attached hydrogen (secondary N) is 2. The molecule has 3 rings (SSSR count). The molecule has 130 valence electrons. The molecule has 2 heterocycles. The van der Waals surface area contributed by atoms with Crippen LogP contribution in [0.4, 0.5) is 10.6 Å². The Balaban J connectivity index is 1.54. The Bertz CT molecular complexity index is 819. The van der Waals surface area contributed by atoms with Crippen LogP contribution in [0.1, 0.15) is 22.6 Å². The fourth-order valence-corrected chi connectivity index (χ4v) is 2.58. The first-order valence-electron chi connectivity index (χ1n) is 8.16. The minimum Gasteiger partial charge on any atom is -0.361 e. The van der Waals surface area contributed by atoms with Crippen LogP contribution in [0.5, 0.6) is 0 Å². The molecule has 1 aromatic carbocycles. The second-order valence-electron chi connectivity index (χ2n) is 5.79. The first kappa shape index (κ1) is 16.8. The molecule has 0 saturated carbocycles. The van der Waals surface area contributed by atoms with Gasteiger partial charge in [0.15, 0.2) is 0 Å². The van der Waals surface area contributed by atoms with E-state index in [2.05, 4.69) is 33.0 Å². The molecule has 0 bridgehead atoms. The molecule has 2 amide bonds. The van der Waals surface area contributed by atoms with Crippen molar-refractivity contribution in [2.24, 2.45) is 0 Å². The lowest BCUT2D eigenvalue weighted by Gasteiger charge is -2.10. The Morgan fingerprint density at radius 1 is 1.20 bits per heavy atom. The summed E-state index contributed by atoms with van der Waals surface area (Å²) < 4.78 is 6.87. The van der Waals surface area contributed by atoms with Gasteiger partial charge in [-0.25, -0.2) is 9.48 Å². The topological polar surface area (TPSA) is 85.0 Å². The van der Waals surface area contributed by atoms with Gasteiger partial charge in [0.25, 0.3) is 0 Å². The SMILES string of the molecule is Cc1noc(C)c1CNC(=O)Nc1ccnn1CCc1ccccc1. The zero-order valence-corrected chi connectivity index (χ0v) is 14.3. The first-order valence-corrected chi connectivity index (χ1v) is 8.16. The van der Waals surface area contributed by atoms with Gasteiger partial charge in [-0.3, -0.25) is 5.32 Å². The molecule has 7 heteroatoms. The zero-order chi connectivity index (χ0) is 17.6. The third-order valence-electron chi connectivity index (χ3n) is 4.02. The van der Waals surface area contributed by atoms with Gasteiger partial charge in [0.1, 0.15) is 11.6 Å². The number of carbonyl (C=O) groups is 1. The van der Waals surface area contributed by atoms with Crippen molar-refractivity contribution in [1.29, 1.82) is 0 Å². The summed E-state index contributed by atoms with van der Waals surface area (Å²) in [6.45, 7) is 4.74. The van der Waals surface area contributed by atoms with Crippen LogP contribution in [0.3, 0.4) is 0 Å². The number of carbonyl (C=O) groups excluding carboxylic acids is 1. The van der Waals surface area contributed by atoms with E-state index in [1.54, 1.807) is 16.9 Å². The Labute approximate surface area is 146 Å². The van der Waals surface area contributed by atoms with Crippen LogP contribution in [0.2, 0.25) is 0 Å². The van der Waals surface area contributed by atoms with Gasteiger partial charge < -0.3 is 9.84 Å². The molecule has 2 aromatic heterocycles. The number of aryl methyl sites for hydroxylation is 4. The summed E-state index contributed by atoms with van der Waals surface area (Å²) >= 11 is 0. The minimum atomic E-state index is -0.290. The van der Waals surface area contributed by atoms with Crippen molar-refractivity contribution in [2.75, 3.05) is 5.32 Å². The van der Waals surface area contributed by atoms with Gasteiger partial charge in [0.05, 0.1) is 11.9 Å². The summed E-state index contributed by atoms with van der Waals surface area (Å²) in [6.07, 6.45) is 2.52. The lowest BCUT2D eigenvalue weighted by atomic mass is 10.1. The number of hydrogen-bond donors (Lipinski definition) is 2. The van der Waals surface area contributed by atoms with E-state index in [1.165, 1.54) is 5.56 Å². The molecule has 0 atom stereocenters. The maximum Gasteiger partial charge on any atom is 0.320 e. The third-order valence-corrected chi connectivity index (χ3v) is 4.02. The van der Waals surface area contributed by atoms with E-state index in [9.17, 15) is 4.79 Å². The molecule has 0 aliphatic carbocycles. The molecule has 0 aliphatic heterocycles. The highest BCUT2D eigenvalue weighted by atomic mass is 16.5. The molecule has 2 N–H and O–H groups in total. The number of aromatic nitrogens is 3. The van der Waals surface area contributed by atoms with Crippen molar-refractivity contribution >= 4 is 11.8 Å². The molecule has 0 unspecified atom stereocenters. The Hall–Kier alpha value is -3.09. The van der Waals surface area contributed by atoms with E-state index in [0.717, 1.165) is 17.7 Å². The highest BCUT2D eigenvalue weighted by molar-refractivity contribution is 5.88. The van der Waals surface area contributed by atoms with E-state index in [0.29, 0.717) is 24.7 Å². The van der Waals surface area contributed by atoms with Gasteiger partial charge >= 0.3 is 6.03 Å². The second-order valence-corrected chi connectivity index (χ2v) is 5.79. The number of amides is 2. The monoisotopic (exact) mass is 339 g/mol. The molecular weight excluding hydrogens is 318 g/mol. The standard InChI is InChI=1S/C18H21N5O2/c1-13-16(14(2)25-22-13)12-19-18(24)21-17-8-10-20-23(17)11-9-15-6-4-3-5-7-15/h3-8,10H,9,11-12H2,1-2H3,(H2,19,21,24). The maximum atomic E-state index is 12.1. The summed E-state index contributed by atoms with van der Waals surface area (Å²) in [7, 11) is 0. The Morgan fingerprint density at radius 2 is 2.00 bits per heavy atom. The molecule has 0 aliphatic rings. The molecule has 3 aromatic rings. The van der Waals surface area contributed by atoms with Gasteiger partial charge in [-0.2, -0.15) is 5.10 Å². The third kappa shape index (κ3) is 4.26. The van der Waals surface area contributed by atoms with E-state index < -0.39 is 0 Å². The predicted octanol–water partition coefficient (Wildman–Crippen LogP) is 3.05. The number of benzene rings is 1. The molecule has 0 radical (unpaired) electrons. The number of nitrogens with zero attached hydrogens (tertiary/aromatic N) is 3. The minimum absolute atomic E-state index is 0.290. The van der Waals surface area contributed by atoms with Crippen LogP contribution in [0, 0.1) is 13.8 Å². The van der Waals surface area contributed by atoms with E-state index in [4.69, 9.17) is 4.52 Å². The number of urea groups is 1. The quantitative estimate of drug-likeness (QED) is 0.723. The van der Waals surface area contributed by atoms with E-state index >= 15 is 0 Å². The van der Waals surface area contributed by atoms with Crippen molar-refractivity contribution in [1.82, 2.24) is 20.3 Å². The molecule has 7 nitrogen and oxygen atoms in total. The zero-order valence-electron chi connectivity index (χ0n) is 14.3. The average Bonchev–Trinajstić information content (AvgIpc) is 3.18. The van der Waals surface area contributed by atoms with E-state index in [1.807, 2.05) is 32.0 Å². The van der Waals surface area contributed by atoms with Crippen molar-refractivity contribution in [3.8, 4) is 0 Å². The van der Waals surface area contributed by atoms with Gasteiger partial charge in [-0.1, -0.05) is 35.5 Å². The Kier molecular flexibility index (Phi) is 5.13. The van der Waals surface area contributed by atoms with Gasteiger partial charge in [0, 0.05) is 24.7 Å². The first-order chi connectivity index (χ1) is 12.1. The second kappa shape index (κ2) is 7.65. The van der Waals surface area contributed by atoms with Crippen molar-refractivity contribution in [3.05, 3.63) is 65.2 Å². The van der Waals surface area contributed by atoms with Crippen LogP contribution >= 0.6 is 0 Å². The van der Waals surface area contributed by atoms with Crippen LogP contribution < -0.4 is 10.6 Å².